The number of fused-ring (bicyclic) bond motifs is 1. The van der Waals surface area contributed by atoms with Gasteiger partial charge in [-0.2, -0.15) is 5.26 Å². The number of imidazole rings is 1. The maximum absolute atomic E-state index is 11.2. The molecule has 0 spiro atoms. The molecule has 98 valence electrons. The van der Waals surface area contributed by atoms with E-state index in [0.717, 1.165) is 43.4 Å². The smallest absolute Gasteiger partial charge is 0.315 e. The van der Waals surface area contributed by atoms with Crippen LogP contribution in [0.2, 0.25) is 0 Å². The van der Waals surface area contributed by atoms with Crippen molar-refractivity contribution < 1.29 is 0 Å². The van der Waals surface area contributed by atoms with Gasteiger partial charge in [-0.15, -0.1) is 0 Å². The lowest BCUT2D eigenvalue weighted by Crippen LogP contribution is -2.25. The Morgan fingerprint density at radius 1 is 1.32 bits per heavy atom. The normalized spacial score (nSPS) is 16.4. The maximum atomic E-state index is 11.2. The highest BCUT2D eigenvalue weighted by molar-refractivity contribution is 5.74. The van der Waals surface area contributed by atoms with Crippen LogP contribution in [-0.2, 0) is 6.42 Å². The largest absolute Gasteiger partial charge is 0.323 e. The standard InChI is InChI=1S/C14H16N4O/c15-8-14(4-5-14)9-16-6-3-10-1-2-11-12(7-10)18-13(19)17-11/h1-2,7,16H,3-6,9H2,(H2,17,18,19). The number of hydrogen-bond donors (Lipinski definition) is 3. The molecule has 2 aromatic rings. The van der Waals surface area contributed by atoms with Crippen LogP contribution in [0.25, 0.3) is 11.0 Å². The van der Waals surface area contributed by atoms with E-state index in [4.69, 9.17) is 5.26 Å². The van der Waals surface area contributed by atoms with Crippen molar-refractivity contribution >= 4 is 11.0 Å². The van der Waals surface area contributed by atoms with Crippen LogP contribution in [0.15, 0.2) is 23.0 Å². The fraction of sp³-hybridized carbons (Fsp3) is 0.429. The van der Waals surface area contributed by atoms with Crippen molar-refractivity contribution in [3.05, 3.63) is 34.2 Å². The number of nitriles is 1. The zero-order chi connectivity index (χ0) is 13.3. The van der Waals surface area contributed by atoms with Crippen molar-refractivity contribution in [2.75, 3.05) is 13.1 Å². The Morgan fingerprint density at radius 3 is 2.84 bits per heavy atom. The van der Waals surface area contributed by atoms with Crippen LogP contribution < -0.4 is 11.0 Å². The molecule has 1 saturated carbocycles. The summed E-state index contributed by atoms with van der Waals surface area (Å²) < 4.78 is 0. The van der Waals surface area contributed by atoms with E-state index in [0.29, 0.717) is 0 Å². The number of hydrogen-bond acceptors (Lipinski definition) is 3. The van der Waals surface area contributed by atoms with Crippen LogP contribution in [0.1, 0.15) is 18.4 Å². The summed E-state index contributed by atoms with van der Waals surface area (Å²) in [7, 11) is 0. The third-order valence-electron chi connectivity index (χ3n) is 3.72. The number of aromatic nitrogens is 2. The summed E-state index contributed by atoms with van der Waals surface area (Å²) in [5.41, 5.74) is 2.60. The predicted octanol–water partition coefficient (Wildman–Crippen LogP) is 1.29. The SMILES string of the molecule is N#CC1(CNCCc2ccc3[nH]c(=O)[nH]c3c2)CC1. The first-order valence-electron chi connectivity index (χ1n) is 6.54. The fourth-order valence-corrected chi connectivity index (χ4v) is 2.27. The topological polar surface area (TPSA) is 84.5 Å². The van der Waals surface area contributed by atoms with Crippen LogP contribution >= 0.6 is 0 Å². The summed E-state index contributed by atoms with van der Waals surface area (Å²) in [5, 5.41) is 12.3. The first kappa shape index (κ1) is 12.0. The van der Waals surface area contributed by atoms with E-state index in [2.05, 4.69) is 21.4 Å². The first-order chi connectivity index (χ1) is 9.21. The maximum Gasteiger partial charge on any atom is 0.323 e. The Labute approximate surface area is 110 Å². The second kappa shape index (κ2) is 4.56. The summed E-state index contributed by atoms with van der Waals surface area (Å²) in [6.45, 7) is 1.64. The minimum absolute atomic E-state index is 0.0875. The van der Waals surface area contributed by atoms with E-state index in [-0.39, 0.29) is 11.1 Å². The summed E-state index contributed by atoms with van der Waals surface area (Å²) in [6.07, 6.45) is 2.94. The average molecular weight is 256 g/mol. The molecular formula is C14H16N4O. The molecule has 0 radical (unpaired) electrons. The molecule has 0 saturated heterocycles. The third kappa shape index (κ3) is 2.54. The van der Waals surface area contributed by atoms with Gasteiger partial charge in [-0.05, 0) is 43.5 Å². The van der Waals surface area contributed by atoms with Crippen molar-refractivity contribution in [2.24, 2.45) is 5.41 Å². The molecule has 0 amide bonds. The number of H-pyrrole nitrogens is 2. The van der Waals surface area contributed by atoms with E-state index in [9.17, 15) is 4.79 Å². The lowest BCUT2D eigenvalue weighted by molar-refractivity contribution is 0.560. The number of rotatable bonds is 5. The highest BCUT2D eigenvalue weighted by Gasteiger charge is 2.42. The quantitative estimate of drug-likeness (QED) is 0.705. The molecule has 0 unspecified atom stereocenters. The van der Waals surface area contributed by atoms with E-state index in [1.54, 1.807) is 0 Å². The fourth-order valence-electron chi connectivity index (χ4n) is 2.27. The van der Waals surface area contributed by atoms with Crippen molar-refractivity contribution in [1.29, 1.82) is 5.26 Å². The van der Waals surface area contributed by atoms with E-state index >= 15 is 0 Å². The molecule has 0 atom stereocenters. The molecule has 3 N–H and O–H groups in total. The summed E-state index contributed by atoms with van der Waals surface area (Å²) in [6, 6.07) is 8.30. The molecule has 5 nitrogen and oxygen atoms in total. The monoisotopic (exact) mass is 256 g/mol. The molecule has 1 aliphatic rings. The van der Waals surface area contributed by atoms with Gasteiger partial charge in [0.25, 0.3) is 0 Å². The molecule has 5 heteroatoms. The summed E-state index contributed by atoms with van der Waals surface area (Å²) >= 11 is 0. The van der Waals surface area contributed by atoms with Gasteiger partial charge in [-0.3, -0.25) is 0 Å². The van der Waals surface area contributed by atoms with E-state index < -0.39 is 0 Å². The molecule has 1 fully saturated rings. The van der Waals surface area contributed by atoms with Crippen LogP contribution in [0, 0.1) is 16.7 Å². The molecule has 0 bridgehead atoms. The predicted molar refractivity (Wildman–Crippen MR) is 72.8 cm³/mol. The van der Waals surface area contributed by atoms with Crippen LogP contribution in [0.3, 0.4) is 0 Å². The highest BCUT2D eigenvalue weighted by Crippen LogP contribution is 2.43. The number of nitrogens with zero attached hydrogens (tertiary/aromatic N) is 1. The Balaban J connectivity index is 1.56. The van der Waals surface area contributed by atoms with Crippen molar-refractivity contribution in [2.45, 2.75) is 19.3 Å². The van der Waals surface area contributed by atoms with Gasteiger partial charge in [-0.1, -0.05) is 6.07 Å². The third-order valence-corrected chi connectivity index (χ3v) is 3.72. The zero-order valence-corrected chi connectivity index (χ0v) is 10.6. The van der Waals surface area contributed by atoms with Crippen molar-refractivity contribution in [1.82, 2.24) is 15.3 Å². The Morgan fingerprint density at radius 2 is 2.11 bits per heavy atom. The Hall–Kier alpha value is -2.06. The molecule has 1 heterocycles. The van der Waals surface area contributed by atoms with Gasteiger partial charge in [0, 0.05) is 6.54 Å². The second-order valence-corrected chi connectivity index (χ2v) is 5.28. The van der Waals surface area contributed by atoms with Gasteiger partial charge in [0.15, 0.2) is 0 Å². The van der Waals surface area contributed by atoms with E-state index in [1.165, 1.54) is 5.56 Å². The summed E-state index contributed by atoms with van der Waals surface area (Å²) in [4.78, 5) is 16.6. The van der Waals surface area contributed by atoms with Gasteiger partial charge in [0.1, 0.15) is 0 Å². The van der Waals surface area contributed by atoms with Gasteiger partial charge >= 0.3 is 5.69 Å². The van der Waals surface area contributed by atoms with Gasteiger partial charge in [-0.25, -0.2) is 4.79 Å². The Kier molecular flexibility index (Phi) is 2.88. The Bertz CT molecular complexity index is 687. The molecular weight excluding hydrogens is 240 g/mol. The van der Waals surface area contributed by atoms with Gasteiger partial charge in [0.2, 0.25) is 0 Å². The van der Waals surface area contributed by atoms with Crippen LogP contribution in [0.5, 0.6) is 0 Å². The van der Waals surface area contributed by atoms with E-state index in [1.807, 2.05) is 18.2 Å². The minimum Gasteiger partial charge on any atom is -0.315 e. The number of benzene rings is 1. The molecule has 19 heavy (non-hydrogen) atoms. The second-order valence-electron chi connectivity index (χ2n) is 5.28. The van der Waals surface area contributed by atoms with Crippen molar-refractivity contribution in [3.63, 3.8) is 0 Å². The number of aromatic amines is 2. The van der Waals surface area contributed by atoms with Gasteiger partial charge in [0.05, 0.1) is 22.5 Å². The molecule has 1 aliphatic carbocycles. The first-order valence-corrected chi connectivity index (χ1v) is 6.54. The highest BCUT2D eigenvalue weighted by atomic mass is 16.1. The van der Waals surface area contributed by atoms with Gasteiger partial charge < -0.3 is 15.3 Å². The summed E-state index contributed by atoms with van der Waals surface area (Å²) in [5.74, 6) is 0. The minimum atomic E-state index is -0.171. The number of nitrogens with one attached hydrogen (secondary N) is 3. The zero-order valence-electron chi connectivity index (χ0n) is 10.6. The molecule has 0 aliphatic heterocycles. The van der Waals surface area contributed by atoms with Crippen molar-refractivity contribution in [3.8, 4) is 6.07 Å². The molecule has 1 aromatic heterocycles. The lowest BCUT2D eigenvalue weighted by atomic mass is 10.1. The lowest BCUT2D eigenvalue weighted by Gasteiger charge is -2.07. The average Bonchev–Trinajstić information content (AvgIpc) is 3.09. The van der Waals surface area contributed by atoms with Crippen LogP contribution in [-0.4, -0.2) is 23.1 Å². The molecule has 3 rings (SSSR count). The van der Waals surface area contributed by atoms with Crippen LogP contribution in [0.4, 0.5) is 0 Å². The molecule has 1 aromatic carbocycles.